The van der Waals surface area contributed by atoms with Crippen LogP contribution in [0.5, 0.6) is 0 Å². The van der Waals surface area contributed by atoms with Crippen molar-refractivity contribution in [1.29, 1.82) is 0 Å². The summed E-state index contributed by atoms with van der Waals surface area (Å²) in [7, 11) is 0. The SMILES string of the molecule is CC(C)CC1NC(=O)C(Cc2c[nH]c3ccccc23)NC(=O)CNC(=O)C2CSC(N2)C(C(C)C)NC(=O)C(C(C)C)NC(=O)C(C(C)C)NC1=O. The number of aromatic amines is 1. The van der Waals surface area contributed by atoms with Gasteiger partial charge in [-0.15, -0.1) is 11.8 Å². The maximum atomic E-state index is 14.0. The van der Waals surface area contributed by atoms with Crippen molar-refractivity contribution < 1.29 is 28.8 Å². The van der Waals surface area contributed by atoms with Gasteiger partial charge in [-0.1, -0.05) is 73.6 Å². The average Bonchev–Trinajstić information content (AvgIpc) is 3.73. The van der Waals surface area contributed by atoms with Crippen LogP contribution < -0.4 is 37.2 Å². The van der Waals surface area contributed by atoms with Gasteiger partial charge in [0.05, 0.1) is 24.0 Å². The molecule has 4 rings (SSSR count). The molecule has 1 aromatic carbocycles. The molecule has 2 aromatic rings. The van der Waals surface area contributed by atoms with Crippen molar-refractivity contribution in [2.24, 2.45) is 23.7 Å². The molecule has 0 aliphatic carbocycles. The van der Waals surface area contributed by atoms with E-state index < -0.39 is 53.8 Å². The summed E-state index contributed by atoms with van der Waals surface area (Å²) in [5.74, 6) is -3.26. The molecule has 6 amide bonds. The maximum absolute atomic E-state index is 14.0. The summed E-state index contributed by atoms with van der Waals surface area (Å²) in [6, 6.07) is 2.55. The summed E-state index contributed by atoms with van der Waals surface area (Å²) in [4.78, 5) is 85.3. The first-order valence-electron chi connectivity index (χ1n) is 18.3. The lowest BCUT2D eigenvalue weighted by atomic mass is 9.97. The molecule has 8 N–H and O–H groups in total. The van der Waals surface area contributed by atoms with E-state index in [1.807, 2.05) is 65.8 Å². The fourth-order valence-corrected chi connectivity index (χ4v) is 8.00. The van der Waals surface area contributed by atoms with Crippen LogP contribution in [0.15, 0.2) is 30.5 Å². The zero-order valence-electron chi connectivity index (χ0n) is 31.4. The third kappa shape index (κ3) is 10.5. The number of H-pyrrole nitrogens is 1. The van der Waals surface area contributed by atoms with Crippen LogP contribution in [0, 0.1) is 23.7 Å². The number of hydrogen-bond donors (Lipinski definition) is 8. The minimum absolute atomic E-state index is 0.0150. The van der Waals surface area contributed by atoms with Gasteiger partial charge in [-0.2, -0.15) is 0 Å². The number of benzene rings is 1. The Morgan fingerprint density at radius 2 is 1.31 bits per heavy atom. The van der Waals surface area contributed by atoms with Crippen molar-refractivity contribution in [2.45, 2.75) is 110 Å². The van der Waals surface area contributed by atoms with Crippen molar-refractivity contribution >= 4 is 58.1 Å². The average molecular weight is 741 g/mol. The summed E-state index contributed by atoms with van der Waals surface area (Å²) in [5, 5.41) is 21.0. The van der Waals surface area contributed by atoms with Crippen LogP contribution >= 0.6 is 11.8 Å². The summed E-state index contributed by atoms with van der Waals surface area (Å²) < 4.78 is 0. The molecule has 2 bridgehead atoms. The normalized spacial score (nSPS) is 27.6. The standard InChI is InChI=1S/C37H56N8O6S/c1-18(2)13-25-34(49)43-29(19(3)4)35(50)44-30(20(5)6)36(51)45-31(21(7)8)37-42-27(17-52-37)32(47)39-16-28(46)40-26(33(48)41-25)14-22-15-38-24-12-10-9-11-23(22)24/h9-12,15,18-21,25-27,29-31,37-38,42H,13-14,16-17H2,1-8H3,(H,39,47)(H,40,46)(H,41,48)(H,43,49)(H,44,50)(H,45,51). The number of hydrogen-bond acceptors (Lipinski definition) is 8. The number of rotatable bonds is 7. The van der Waals surface area contributed by atoms with Gasteiger partial charge in [0.15, 0.2) is 0 Å². The second-order valence-electron chi connectivity index (χ2n) is 15.3. The number of nitrogens with one attached hydrogen (secondary N) is 8. The molecule has 7 atom stereocenters. The predicted octanol–water partition coefficient (Wildman–Crippen LogP) is 1.31. The number of aromatic nitrogens is 1. The molecular weight excluding hydrogens is 685 g/mol. The van der Waals surface area contributed by atoms with E-state index in [1.165, 1.54) is 11.8 Å². The first kappa shape index (κ1) is 40.7. The Morgan fingerprint density at radius 3 is 1.94 bits per heavy atom. The minimum atomic E-state index is -1.09. The summed E-state index contributed by atoms with van der Waals surface area (Å²) in [6.45, 7) is 14.6. The highest BCUT2D eigenvalue weighted by atomic mass is 32.2. The highest BCUT2D eigenvalue weighted by Crippen LogP contribution is 2.26. The third-order valence-electron chi connectivity index (χ3n) is 9.49. The summed E-state index contributed by atoms with van der Waals surface area (Å²) in [6.07, 6.45) is 2.15. The van der Waals surface area contributed by atoms with Gasteiger partial charge in [0, 0.05) is 29.3 Å². The summed E-state index contributed by atoms with van der Waals surface area (Å²) >= 11 is 1.49. The molecule has 2 saturated heterocycles. The fourth-order valence-electron chi connectivity index (χ4n) is 6.51. The fraction of sp³-hybridized carbons (Fsp3) is 0.622. The summed E-state index contributed by atoms with van der Waals surface area (Å²) in [5.41, 5.74) is 1.65. The number of para-hydroxylation sites is 1. The Balaban J connectivity index is 1.69. The minimum Gasteiger partial charge on any atom is -0.361 e. The first-order chi connectivity index (χ1) is 24.5. The van der Waals surface area contributed by atoms with Crippen molar-refractivity contribution in [1.82, 2.24) is 42.2 Å². The smallest absolute Gasteiger partial charge is 0.243 e. The van der Waals surface area contributed by atoms with Gasteiger partial charge in [-0.05, 0) is 41.7 Å². The van der Waals surface area contributed by atoms with Gasteiger partial charge >= 0.3 is 0 Å². The van der Waals surface area contributed by atoms with Crippen molar-refractivity contribution in [3.05, 3.63) is 36.0 Å². The van der Waals surface area contributed by atoms with E-state index in [0.29, 0.717) is 5.75 Å². The van der Waals surface area contributed by atoms with E-state index in [9.17, 15) is 28.8 Å². The lowest BCUT2D eigenvalue weighted by molar-refractivity contribution is -0.136. The van der Waals surface area contributed by atoms with Crippen LogP contribution in [0.3, 0.4) is 0 Å². The van der Waals surface area contributed by atoms with Gasteiger partial charge in [0.1, 0.15) is 24.2 Å². The Kier molecular flexibility index (Phi) is 14.1. The van der Waals surface area contributed by atoms with Crippen LogP contribution in [0.25, 0.3) is 10.9 Å². The molecule has 2 aliphatic heterocycles. The highest BCUT2D eigenvalue weighted by molar-refractivity contribution is 8.00. The number of fused-ring (bicyclic) bond motifs is 3. The second-order valence-corrected chi connectivity index (χ2v) is 16.5. The maximum Gasteiger partial charge on any atom is 0.243 e. The molecule has 52 heavy (non-hydrogen) atoms. The van der Waals surface area contributed by atoms with E-state index in [4.69, 9.17) is 0 Å². The molecule has 1 aromatic heterocycles. The molecular formula is C37H56N8O6S. The first-order valence-corrected chi connectivity index (χ1v) is 19.3. The number of carbonyl (C=O) groups excluding carboxylic acids is 6. The van der Waals surface area contributed by atoms with Gasteiger partial charge in [-0.3, -0.25) is 34.1 Å². The van der Waals surface area contributed by atoms with E-state index >= 15 is 0 Å². The van der Waals surface area contributed by atoms with Gasteiger partial charge in [-0.25, -0.2) is 0 Å². The lowest BCUT2D eigenvalue weighted by Gasteiger charge is -2.32. The van der Waals surface area contributed by atoms with Crippen LogP contribution in [-0.4, -0.2) is 94.3 Å². The number of amides is 6. The molecule has 2 aliphatic rings. The molecule has 0 spiro atoms. The number of thioether (sulfide) groups is 1. The van der Waals surface area contributed by atoms with Crippen molar-refractivity contribution in [3.8, 4) is 0 Å². The monoisotopic (exact) mass is 740 g/mol. The predicted molar refractivity (Wildman–Crippen MR) is 202 cm³/mol. The van der Waals surface area contributed by atoms with Gasteiger partial charge in [0.25, 0.3) is 0 Å². The molecule has 0 radical (unpaired) electrons. The Morgan fingerprint density at radius 1 is 0.692 bits per heavy atom. The van der Waals surface area contributed by atoms with E-state index in [-0.39, 0.29) is 66.3 Å². The van der Waals surface area contributed by atoms with E-state index in [0.717, 1.165) is 16.5 Å². The third-order valence-corrected chi connectivity index (χ3v) is 10.8. The van der Waals surface area contributed by atoms with Crippen LogP contribution in [0.4, 0.5) is 0 Å². The van der Waals surface area contributed by atoms with Gasteiger partial charge in [0.2, 0.25) is 35.4 Å². The largest absolute Gasteiger partial charge is 0.361 e. The van der Waals surface area contributed by atoms with E-state index in [1.54, 1.807) is 20.0 Å². The van der Waals surface area contributed by atoms with Gasteiger partial charge < -0.3 is 36.9 Å². The highest BCUT2D eigenvalue weighted by Gasteiger charge is 2.39. The number of carbonyl (C=O) groups is 6. The van der Waals surface area contributed by atoms with Crippen LogP contribution in [0.1, 0.15) is 67.4 Å². The molecule has 2 fully saturated rings. The topological polar surface area (TPSA) is 202 Å². The van der Waals surface area contributed by atoms with E-state index in [2.05, 4.69) is 42.2 Å². The molecule has 15 heteroatoms. The Bertz CT molecular complexity index is 1610. The Hall–Kier alpha value is -4.11. The van der Waals surface area contributed by atoms with Crippen LogP contribution in [0.2, 0.25) is 0 Å². The lowest BCUT2D eigenvalue weighted by Crippen LogP contribution is -2.61. The zero-order chi connectivity index (χ0) is 38.3. The molecule has 14 nitrogen and oxygen atoms in total. The van der Waals surface area contributed by atoms with Crippen molar-refractivity contribution in [3.63, 3.8) is 0 Å². The zero-order valence-corrected chi connectivity index (χ0v) is 32.2. The Labute approximate surface area is 310 Å². The molecule has 7 unspecified atom stereocenters. The van der Waals surface area contributed by atoms with Crippen molar-refractivity contribution in [2.75, 3.05) is 12.3 Å². The second kappa shape index (κ2) is 18.1. The molecule has 0 saturated carbocycles. The molecule has 286 valence electrons. The van der Waals surface area contributed by atoms with Crippen LogP contribution in [-0.2, 0) is 35.2 Å². The quantitative estimate of drug-likeness (QED) is 0.208. The molecule has 3 heterocycles.